The van der Waals surface area contributed by atoms with Gasteiger partial charge in [0.05, 0.1) is 6.04 Å². The van der Waals surface area contributed by atoms with Gasteiger partial charge in [-0.1, -0.05) is 31.0 Å². The van der Waals surface area contributed by atoms with Crippen molar-refractivity contribution in [3.05, 3.63) is 35.6 Å². The standard InChI is InChI=1S/C20H27FN2O/c21-17-8-4-3-7-15(17)18(14-5-1-2-6-14)23-19(24)16-13-20(16)9-11-22-12-10-20/h3-4,7-8,14,16,18,22H,1-2,5-6,9-13H2,(H,23,24). The average molecular weight is 330 g/mol. The first-order valence-corrected chi connectivity index (χ1v) is 9.45. The predicted octanol–water partition coefficient (Wildman–Crippen LogP) is 3.56. The molecule has 1 saturated heterocycles. The lowest BCUT2D eigenvalue weighted by molar-refractivity contribution is -0.124. The molecule has 0 bridgehead atoms. The van der Waals surface area contributed by atoms with Gasteiger partial charge in [0.25, 0.3) is 0 Å². The molecule has 2 atom stereocenters. The van der Waals surface area contributed by atoms with E-state index < -0.39 is 0 Å². The molecule has 3 nitrogen and oxygen atoms in total. The van der Waals surface area contributed by atoms with Gasteiger partial charge in [-0.2, -0.15) is 0 Å². The molecule has 4 rings (SSSR count). The number of halogens is 1. The van der Waals surface area contributed by atoms with Gasteiger partial charge in [-0.15, -0.1) is 0 Å². The highest BCUT2D eigenvalue weighted by Crippen LogP contribution is 2.58. The summed E-state index contributed by atoms with van der Waals surface area (Å²) >= 11 is 0. The summed E-state index contributed by atoms with van der Waals surface area (Å²) in [6, 6.07) is 6.77. The van der Waals surface area contributed by atoms with Crippen LogP contribution in [0.5, 0.6) is 0 Å². The fraction of sp³-hybridized carbons (Fsp3) is 0.650. The van der Waals surface area contributed by atoms with Crippen molar-refractivity contribution >= 4 is 5.91 Å². The number of amides is 1. The van der Waals surface area contributed by atoms with Crippen molar-refractivity contribution < 1.29 is 9.18 Å². The van der Waals surface area contributed by atoms with Crippen LogP contribution < -0.4 is 10.6 Å². The number of carbonyl (C=O) groups is 1. The zero-order valence-corrected chi connectivity index (χ0v) is 14.2. The van der Waals surface area contributed by atoms with Crippen molar-refractivity contribution in [3.8, 4) is 0 Å². The van der Waals surface area contributed by atoms with Gasteiger partial charge in [0, 0.05) is 11.5 Å². The molecule has 1 amide bonds. The molecular weight excluding hydrogens is 303 g/mol. The molecule has 2 aliphatic carbocycles. The van der Waals surface area contributed by atoms with E-state index in [1.165, 1.54) is 18.9 Å². The van der Waals surface area contributed by atoms with E-state index in [0.717, 1.165) is 45.2 Å². The Morgan fingerprint density at radius 1 is 1.21 bits per heavy atom. The molecule has 1 aliphatic heterocycles. The fourth-order valence-corrected chi connectivity index (χ4v) is 4.92. The molecule has 1 heterocycles. The number of rotatable bonds is 4. The third-order valence-electron chi connectivity index (χ3n) is 6.51. The lowest BCUT2D eigenvalue weighted by Gasteiger charge is -2.27. The monoisotopic (exact) mass is 330 g/mol. The minimum Gasteiger partial charge on any atom is -0.349 e. The number of hydrogen-bond acceptors (Lipinski definition) is 2. The molecule has 4 heteroatoms. The molecule has 24 heavy (non-hydrogen) atoms. The maximum atomic E-state index is 14.3. The summed E-state index contributed by atoms with van der Waals surface area (Å²) in [6.07, 6.45) is 7.74. The lowest BCUT2D eigenvalue weighted by Crippen LogP contribution is -2.37. The van der Waals surface area contributed by atoms with Crippen molar-refractivity contribution in [1.82, 2.24) is 10.6 Å². The van der Waals surface area contributed by atoms with E-state index >= 15 is 0 Å². The molecule has 1 aromatic carbocycles. The Hall–Kier alpha value is -1.42. The van der Waals surface area contributed by atoms with Gasteiger partial charge in [-0.25, -0.2) is 4.39 Å². The van der Waals surface area contributed by atoms with Crippen LogP contribution in [0.1, 0.15) is 56.6 Å². The molecule has 1 aromatic rings. The van der Waals surface area contributed by atoms with Crippen LogP contribution in [0.2, 0.25) is 0 Å². The number of carbonyl (C=O) groups excluding carboxylic acids is 1. The maximum absolute atomic E-state index is 14.3. The highest BCUT2D eigenvalue weighted by Gasteiger charge is 2.58. The van der Waals surface area contributed by atoms with Gasteiger partial charge < -0.3 is 10.6 Å². The second-order valence-corrected chi connectivity index (χ2v) is 7.92. The van der Waals surface area contributed by atoms with Crippen LogP contribution in [-0.2, 0) is 4.79 Å². The molecule has 2 saturated carbocycles. The Balaban J connectivity index is 1.50. The number of benzene rings is 1. The first kappa shape index (κ1) is 16.1. The highest BCUT2D eigenvalue weighted by atomic mass is 19.1. The van der Waals surface area contributed by atoms with Crippen molar-refractivity contribution in [2.45, 2.75) is 51.0 Å². The predicted molar refractivity (Wildman–Crippen MR) is 91.9 cm³/mol. The van der Waals surface area contributed by atoms with E-state index in [4.69, 9.17) is 0 Å². The van der Waals surface area contributed by atoms with E-state index in [2.05, 4.69) is 10.6 Å². The number of hydrogen-bond donors (Lipinski definition) is 2. The summed E-state index contributed by atoms with van der Waals surface area (Å²) in [7, 11) is 0. The average Bonchev–Trinajstić information content (AvgIpc) is 3.04. The van der Waals surface area contributed by atoms with E-state index in [-0.39, 0.29) is 29.1 Å². The summed E-state index contributed by atoms with van der Waals surface area (Å²) in [5.41, 5.74) is 0.892. The summed E-state index contributed by atoms with van der Waals surface area (Å²) in [6.45, 7) is 2.03. The Kier molecular flexibility index (Phi) is 4.33. The summed E-state index contributed by atoms with van der Waals surface area (Å²) in [4.78, 5) is 12.9. The molecule has 130 valence electrons. The molecule has 2 unspecified atom stereocenters. The van der Waals surface area contributed by atoms with Crippen molar-refractivity contribution in [2.24, 2.45) is 17.3 Å². The first-order valence-electron chi connectivity index (χ1n) is 9.45. The SMILES string of the molecule is O=C(NC(c1ccccc1F)C1CCCC1)C1CC12CCNCC2. The van der Waals surface area contributed by atoms with Crippen LogP contribution in [0, 0.1) is 23.1 Å². The third kappa shape index (κ3) is 2.97. The largest absolute Gasteiger partial charge is 0.349 e. The molecular formula is C20H27FN2O. The van der Waals surface area contributed by atoms with Crippen LogP contribution in [0.25, 0.3) is 0 Å². The summed E-state index contributed by atoms with van der Waals surface area (Å²) in [5, 5.41) is 6.63. The van der Waals surface area contributed by atoms with E-state index in [1.807, 2.05) is 12.1 Å². The van der Waals surface area contributed by atoms with Crippen LogP contribution in [0.4, 0.5) is 4.39 Å². The molecule has 0 radical (unpaired) electrons. The highest BCUT2D eigenvalue weighted by molar-refractivity contribution is 5.83. The minimum absolute atomic E-state index is 0.135. The quantitative estimate of drug-likeness (QED) is 0.886. The Labute approximate surface area is 143 Å². The van der Waals surface area contributed by atoms with Crippen molar-refractivity contribution in [1.29, 1.82) is 0 Å². The second-order valence-electron chi connectivity index (χ2n) is 7.92. The van der Waals surface area contributed by atoms with E-state index in [9.17, 15) is 9.18 Å². The third-order valence-corrected chi connectivity index (χ3v) is 6.51. The molecule has 3 aliphatic rings. The Morgan fingerprint density at radius 3 is 2.62 bits per heavy atom. The Bertz CT molecular complexity index is 605. The second kappa shape index (κ2) is 6.47. The van der Waals surface area contributed by atoms with Gasteiger partial charge in [-0.3, -0.25) is 4.79 Å². The molecule has 1 spiro atoms. The van der Waals surface area contributed by atoms with Crippen LogP contribution in [-0.4, -0.2) is 19.0 Å². The zero-order valence-electron chi connectivity index (χ0n) is 14.2. The smallest absolute Gasteiger partial charge is 0.224 e. The summed E-state index contributed by atoms with van der Waals surface area (Å²) in [5.74, 6) is 0.461. The lowest BCUT2D eigenvalue weighted by atomic mass is 9.89. The topological polar surface area (TPSA) is 41.1 Å². The molecule has 2 N–H and O–H groups in total. The summed E-state index contributed by atoms with van der Waals surface area (Å²) < 4.78 is 14.3. The molecule has 3 fully saturated rings. The van der Waals surface area contributed by atoms with Gasteiger partial charge >= 0.3 is 0 Å². The van der Waals surface area contributed by atoms with Crippen molar-refractivity contribution in [2.75, 3.05) is 13.1 Å². The normalized spacial score (nSPS) is 27.1. The first-order chi connectivity index (χ1) is 11.7. The van der Waals surface area contributed by atoms with E-state index in [1.54, 1.807) is 6.07 Å². The maximum Gasteiger partial charge on any atom is 0.224 e. The van der Waals surface area contributed by atoms with Crippen molar-refractivity contribution in [3.63, 3.8) is 0 Å². The van der Waals surface area contributed by atoms with Gasteiger partial charge in [-0.05, 0) is 62.6 Å². The Morgan fingerprint density at radius 2 is 1.92 bits per heavy atom. The van der Waals surface area contributed by atoms with Gasteiger partial charge in [0.1, 0.15) is 5.82 Å². The van der Waals surface area contributed by atoms with Crippen LogP contribution in [0.15, 0.2) is 24.3 Å². The van der Waals surface area contributed by atoms with Crippen LogP contribution >= 0.6 is 0 Å². The molecule has 0 aromatic heterocycles. The van der Waals surface area contributed by atoms with Crippen LogP contribution in [0.3, 0.4) is 0 Å². The minimum atomic E-state index is -0.193. The zero-order chi connectivity index (χ0) is 16.6. The number of piperidine rings is 1. The van der Waals surface area contributed by atoms with Gasteiger partial charge in [0.15, 0.2) is 0 Å². The van der Waals surface area contributed by atoms with Gasteiger partial charge in [0.2, 0.25) is 5.91 Å². The van der Waals surface area contributed by atoms with E-state index in [0.29, 0.717) is 11.5 Å². The number of nitrogens with one attached hydrogen (secondary N) is 2. The fourth-order valence-electron chi connectivity index (χ4n) is 4.92.